The molecule has 6 atom stereocenters. The van der Waals surface area contributed by atoms with Crippen LogP contribution in [0.1, 0.15) is 110 Å². The highest BCUT2D eigenvalue weighted by atomic mass is 35.5. The lowest BCUT2D eigenvalue weighted by Crippen LogP contribution is -2.42. The number of hydrogen-bond donors (Lipinski definition) is 14. The monoisotopic (exact) mass is 1170 g/mol. The van der Waals surface area contributed by atoms with Crippen molar-refractivity contribution in [3.8, 4) is 0 Å². The van der Waals surface area contributed by atoms with Crippen molar-refractivity contribution in [2.24, 2.45) is 22.4 Å². The van der Waals surface area contributed by atoms with Gasteiger partial charge in [-0.3, -0.25) is 24.4 Å². The van der Waals surface area contributed by atoms with E-state index in [9.17, 15) is 44.2 Å². The SMILES string of the molecule is CC(C)(COCCNC(=O)CCCCC1SC[C@@H]2NC(=O)N[C@H]12)COCC(C)(C)COCCN(N)/C=C(\N)CO.O=C(Cc1ccc(Cl)cc1)NCCC(O)CC(CCC(O)C(=O)O)N(O)C(=O)CO.O=C(O)CCCCCO. The zero-order valence-electron chi connectivity index (χ0n) is 46.3. The molecule has 1 aromatic rings. The fourth-order valence-corrected chi connectivity index (χ4v) is 9.48. The van der Waals surface area contributed by atoms with Crippen LogP contribution in [0.3, 0.4) is 0 Å². The number of unbranched alkanes of at least 4 members (excludes halogenated alkanes) is 3. The maximum atomic E-state index is 12.1. The second-order valence-corrected chi connectivity index (χ2v) is 22.7. The third-order valence-electron chi connectivity index (χ3n) is 12.1. The number of carboxylic acid groups (broad SMARTS) is 2. The average Bonchev–Trinajstić information content (AvgIpc) is 3.95. The van der Waals surface area contributed by atoms with Crippen LogP contribution in [-0.2, 0) is 44.6 Å². The first-order chi connectivity index (χ1) is 37.3. The van der Waals surface area contributed by atoms with Crippen LogP contribution < -0.4 is 32.8 Å². The molecule has 5 amide bonds. The van der Waals surface area contributed by atoms with Gasteiger partial charge in [-0.1, -0.05) is 64.3 Å². The van der Waals surface area contributed by atoms with E-state index in [0.29, 0.717) is 88.0 Å². The molecule has 2 heterocycles. The molecule has 0 spiro atoms. The summed E-state index contributed by atoms with van der Waals surface area (Å²) in [6.45, 7) is 11.4. The Hall–Kier alpha value is -4.58. The number of urea groups is 1. The Balaban J connectivity index is 0.000000702. The Labute approximate surface area is 473 Å². The summed E-state index contributed by atoms with van der Waals surface area (Å²) in [6.07, 6.45) is 4.27. The maximum absolute atomic E-state index is 12.1. The number of aliphatic hydroxyl groups excluding tert-OH is 5. The first-order valence-corrected chi connectivity index (χ1v) is 28.1. The van der Waals surface area contributed by atoms with Gasteiger partial charge in [-0.25, -0.2) is 20.5 Å². The van der Waals surface area contributed by atoms with Gasteiger partial charge in [-0.2, -0.15) is 11.8 Å². The normalized spacial score (nSPS) is 17.1. The van der Waals surface area contributed by atoms with Crippen LogP contribution in [0.4, 0.5) is 4.79 Å². The molecule has 2 fully saturated rings. The average molecular weight is 1170 g/mol. The number of ether oxygens (including phenoxy) is 3. The van der Waals surface area contributed by atoms with Crippen LogP contribution in [0.25, 0.3) is 0 Å². The van der Waals surface area contributed by atoms with Crippen LogP contribution in [0.15, 0.2) is 36.2 Å². The molecule has 16 N–H and O–H groups in total. The predicted octanol–water partition coefficient (Wildman–Crippen LogP) is 1.47. The van der Waals surface area contributed by atoms with Crippen LogP contribution >= 0.6 is 23.4 Å². The number of fused-ring (bicyclic) bond motifs is 1. The molecular formula is C52H91ClN8O17S. The van der Waals surface area contributed by atoms with Gasteiger partial charge in [0.2, 0.25) is 11.8 Å². The highest BCUT2D eigenvalue weighted by molar-refractivity contribution is 8.00. The van der Waals surface area contributed by atoms with Gasteiger partial charge in [0, 0.05) is 65.6 Å². The fourth-order valence-electron chi connectivity index (χ4n) is 7.81. The van der Waals surface area contributed by atoms with Crippen LogP contribution in [0.5, 0.6) is 0 Å². The maximum Gasteiger partial charge on any atom is 0.332 e. The number of carbonyl (C=O) groups is 6. The van der Waals surface area contributed by atoms with E-state index in [4.69, 9.17) is 62.9 Å². The molecule has 25 nitrogen and oxygen atoms in total. The van der Waals surface area contributed by atoms with Gasteiger partial charge >= 0.3 is 18.0 Å². The summed E-state index contributed by atoms with van der Waals surface area (Å²) < 4.78 is 17.5. The van der Waals surface area contributed by atoms with Crippen LogP contribution in [-0.4, -0.2) is 207 Å². The highest BCUT2D eigenvalue weighted by Crippen LogP contribution is 2.33. The summed E-state index contributed by atoms with van der Waals surface area (Å²) in [5, 5.41) is 86.6. The molecule has 0 saturated carbocycles. The number of carbonyl (C=O) groups excluding carboxylic acids is 4. The van der Waals surface area contributed by atoms with Gasteiger partial charge in [0.1, 0.15) is 6.61 Å². The molecule has 0 aliphatic carbocycles. The quantitative estimate of drug-likeness (QED) is 0.0146. The number of rotatable bonds is 39. The van der Waals surface area contributed by atoms with Gasteiger partial charge in [-0.05, 0) is 69.1 Å². The van der Waals surface area contributed by atoms with E-state index in [-0.39, 0.29) is 104 Å². The van der Waals surface area contributed by atoms with E-state index in [1.54, 1.807) is 24.3 Å². The lowest BCUT2D eigenvalue weighted by Gasteiger charge is -2.29. The van der Waals surface area contributed by atoms with Crippen molar-refractivity contribution in [2.45, 2.75) is 147 Å². The lowest BCUT2D eigenvalue weighted by atomic mass is 9.94. The van der Waals surface area contributed by atoms with Gasteiger partial charge in [0.15, 0.2) is 6.10 Å². The highest BCUT2D eigenvalue weighted by Gasteiger charge is 2.42. The first-order valence-electron chi connectivity index (χ1n) is 26.6. The lowest BCUT2D eigenvalue weighted by molar-refractivity contribution is -0.182. The molecule has 4 unspecified atom stereocenters. The van der Waals surface area contributed by atoms with Gasteiger partial charge in [0.25, 0.3) is 5.91 Å². The molecule has 27 heteroatoms. The molecule has 0 radical (unpaired) electrons. The van der Waals surface area contributed by atoms with Crippen molar-refractivity contribution in [1.29, 1.82) is 0 Å². The number of carboxylic acids is 2. The standard InChI is InChI=1S/C27H52N6O6S.C19H27ClN2O8.C6H12O3/c1-26(2,18-39-19-27(3,4)17-38-12-10-33(29)13-20(28)14-34)16-37-11-9-30-23(35)8-6-5-7-22-24-21(15-40-22)31-25(36)32-24;20-13-3-1-12(2-4-13)9-17(26)21-8-7-15(24)10-14(22(30)18(27)11-23)5-6-16(25)19(28)29;7-5-3-1-2-4-6(8)9/h13,21-22,24,34H,5-12,14-19,28-29H2,1-4H3,(H,30,35)(H2,31,32,36);1-4,14-16,23-25,30H,5-11H2,(H,21,26)(H,28,29);7H,1-5H2,(H,8,9)/b20-13-;;/t21-,22?,24-;;/m0../s1. The van der Waals surface area contributed by atoms with Gasteiger partial charge in [0.05, 0.1) is 89.1 Å². The summed E-state index contributed by atoms with van der Waals surface area (Å²) in [4.78, 5) is 67.7. The number of hydrazine groups is 1. The second-order valence-electron chi connectivity index (χ2n) is 21.0. The molecule has 2 aliphatic heterocycles. The molecule has 0 aromatic heterocycles. The molecular weight excluding hydrogens is 1080 g/mol. The van der Waals surface area contributed by atoms with Crippen molar-refractivity contribution >= 4 is 59.1 Å². The number of amides is 5. The number of halogens is 1. The van der Waals surface area contributed by atoms with Crippen molar-refractivity contribution in [3.05, 3.63) is 46.7 Å². The van der Waals surface area contributed by atoms with E-state index >= 15 is 0 Å². The molecule has 1 aromatic carbocycles. The number of nitrogens with one attached hydrogen (secondary N) is 4. The molecule has 0 bridgehead atoms. The van der Waals surface area contributed by atoms with Crippen molar-refractivity contribution in [1.82, 2.24) is 31.3 Å². The number of hydroxylamine groups is 2. The number of benzene rings is 1. The van der Waals surface area contributed by atoms with Crippen molar-refractivity contribution in [3.63, 3.8) is 0 Å². The van der Waals surface area contributed by atoms with Crippen LogP contribution in [0.2, 0.25) is 5.02 Å². The Morgan fingerprint density at radius 1 is 0.823 bits per heavy atom. The number of nitrogens with zero attached hydrogens (tertiary/aromatic N) is 2. The predicted molar refractivity (Wildman–Crippen MR) is 296 cm³/mol. The number of hydrogen-bond acceptors (Lipinski definition) is 19. The molecule has 3 rings (SSSR count). The van der Waals surface area contributed by atoms with E-state index in [0.717, 1.165) is 37.0 Å². The summed E-state index contributed by atoms with van der Waals surface area (Å²) >= 11 is 7.69. The molecule has 2 saturated heterocycles. The summed E-state index contributed by atoms with van der Waals surface area (Å²) in [5.74, 6) is 3.30. The Bertz CT molecular complexity index is 1960. The third-order valence-corrected chi connectivity index (χ3v) is 13.9. The number of aliphatic carboxylic acids is 2. The minimum atomic E-state index is -1.69. The molecule has 79 heavy (non-hydrogen) atoms. The van der Waals surface area contributed by atoms with E-state index in [2.05, 4.69) is 49.0 Å². The number of nitrogens with two attached hydrogens (primary N) is 2. The summed E-state index contributed by atoms with van der Waals surface area (Å²) in [6, 6.07) is 6.18. The van der Waals surface area contributed by atoms with Gasteiger partial charge in [-0.15, -0.1) is 0 Å². The van der Waals surface area contributed by atoms with Crippen LogP contribution in [0, 0.1) is 10.8 Å². The zero-order valence-corrected chi connectivity index (χ0v) is 47.9. The fraction of sp³-hybridized carbons (Fsp3) is 0.731. The largest absolute Gasteiger partial charge is 0.481 e. The smallest absolute Gasteiger partial charge is 0.332 e. The van der Waals surface area contributed by atoms with Crippen molar-refractivity contribution < 1.29 is 83.9 Å². The van der Waals surface area contributed by atoms with Gasteiger partial charge < -0.3 is 82.0 Å². The second kappa shape index (κ2) is 40.6. The molecule has 2 aliphatic rings. The number of thioether (sulfide) groups is 1. The minimum absolute atomic E-state index is 0.0494. The first kappa shape index (κ1) is 72.4. The van der Waals surface area contributed by atoms with E-state index in [1.165, 1.54) is 11.2 Å². The minimum Gasteiger partial charge on any atom is -0.481 e. The van der Waals surface area contributed by atoms with E-state index < -0.39 is 42.7 Å². The Morgan fingerprint density at radius 3 is 2.05 bits per heavy atom. The summed E-state index contributed by atoms with van der Waals surface area (Å²) in [5.41, 5.74) is 6.29. The number of aliphatic hydroxyl groups is 5. The van der Waals surface area contributed by atoms with E-state index in [1.807, 2.05) is 11.8 Å². The third kappa shape index (κ3) is 35.0. The zero-order chi connectivity index (χ0) is 59.4. The summed E-state index contributed by atoms with van der Waals surface area (Å²) in [7, 11) is 0. The Kier molecular flexibility index (Phi) is 37.2. The topological polar surface area (TPSA) is 399 Å². The van der Waals surface area contributed by atoms with Crippen molar-refractivity contribution in [2.75, 3.05) is 84.8 Å². The Morgan fingerprint density at radius 2 is 1.44 bits per heavy atom. The molecule has 454 valence electrons.